The van der Waals surface area contributed by atoms with Crippen LogP contribution in [0, 0.1) is 0 Å². The van der Waals surface area contributed by atoms with Crippen molar-refractivity contribution in [1.29, 1.82) is 0 Å². The summed E-state index contributed by atoms with van der Waals surface area (Å²) in [7, 11) is 0. The highest BCUT2D eigenvalue weighted by Crippen LogP contribution is 2.37. The Morgan fingerprint density at radius 2 is 1.48 bits per heavy atom. The third-order valence-corrected chi connectivity index (χ3v) is 5.45. The summed E-state index contributed by atoms with van der Waals surface area (Å²) in [6.07, 6.45) is 0.573. The number of hydrogen-bond donors (Lipinski definition) is 0. The molecule has 112 valence electrons. The summed E-state index contributed by atoms with van der Waals surface area (Å²) in [4.78, 5) is 0. The molecule has 2 aromatic rings. The van der Waals surface area contributed by atoms with Crippen LogP contribution in [-0.4, -0.2) is 11.8 Å². The summed E-state index contributed by atoms with van der Waals surface area (Å²) < 4.78 is 0. The normalized spacial score (nSPS) is 11.7. The van der Waals surface area contributed by atoms with Gasteiger partial charge in [0.1, 0.15) is 0 Å². The van der Waals surface area contributed by atoms with E-state index in [1.54, 1.807) is 12.1 Å². The molecule has 0 bridgehead atoms. The van der Waals surface area contributed by atoms with E-state index >= 15 is 0 Å². The molecule has 0 saturated heterocycles. The molecular weight excluding hydrogens is 369 g/mol. The van der Waals surface area contributed by atoms with E-state index in [2.05, 4.69) is 0 Å². The predicted molar refractivity (Wildman–Crippen MR) is 94.7 cm³/mol. The summed E-state index contributed by atoms with van der Waals surface area (Å²) in [5, 5.41) is 1.93. The van der Waals surface area contributed by atoms with E-state index in [4.69, 9.17) is 58.0 Å². The SMILES string of the molecule is ClCC(CCl)(Cc1cc(Cl)ccc1Cl)c1ccccc1Cl. The van der Waals surface area contributed by atoms with Crippen molar-refractivity contribution in [3.63, 3.8) is 0 Å². The van der Waals surface area contributed by atoms with Crippen molar-refractivity contribution >= 4 is 58.0 Å². The molecule has 0 aliphatic carbocycles. The van der Waals surface area contributed by atoms with Crippen molar-refractivity contribution in [2.45, 2.75) is 11.8 Å². The molecule has 0 heterocycles. The molecule has 0 fully saturated rings. The van der Waals surface area contributed by atoms with Crippen LogP contribution >= 0.6 is 58.0 Å². The van der Waals surface area contributed by atoms with Crippen LogP contribution in [0.4, 0.5) is 0 Å². The van der Waals surface area contributed by atoms with Crippen molar-refractivity contribution in [3.8, 4) is 0 Å². The average molecular weight is 383 g/mol. The second-order valence-electron chi connectivity index (χ2n) is 4.94. The lowest BCUT2D eigenvalue weighted by Crippen LogP contribution is -2.33. The van der Waals surface area contributed by atoms with Gasteiger partial charge in [-0.25, -0.2) is 0 Å². The van der Waals surface area contributed by atoms with Crippen LogP contribution < -0.4 is 0 Å². The Labute approximate surface area is 149 Å². The molecule has 5 heteroatoms. The third kappa shape index (κ3) is 3.81. The summed E-state index contributed by atoms with van der Waals surface area (Å²) >= 11 is 31.2. The summed E-state index contributed by atoms with van der Waals surface area (Å²) in [5.41, 5.74) is 1.34. The highest BCUT2D eigenvalue weighted by Gasteiger charge is 2.33. The lowest BCUT2D eigenvalue weighted by Gasteiger charge is -2.31. The molecule has 2 rings (SSSR count). The molecule has 0 radical (unpaired) electrons. The van der Waals surface area contributed by atoms with Crippen LogP contribution in [0.2, 0.25) is 15.1 Å². The Hall–Kier alpha value is -0.110. The Kier molecular flexibility index (Phi) is 6.11. The molecule has 21 heavy (non-hydrogen) atoms. The van der Waals surface area contributed by atoms with Crippen LogP contribution in [-0.2, 0) is 11.8 Å². The zero-order valence-corrected chi connectivity index (χ0v) is 14.8. The molecule has 2 aromatic carbocycles. The van der Waals surface area contributed by atoms with E-state index in [0.29, 0.717) is 33.2 Å². The summed E-state index contributed by atoms with van der Waals surface area (Å²) in [5.74, 6) is 0.673. The van der Waals surface area contributed by atoms with Crippen LogP contribution in [0.3, 0.4) is 0 Å². The Balaban J connectivity index is 2.48. The lowest BCUT2D eigenvalue weighted by atomic mass is 9.78. The molecule has 0 nitrogen and oxygen atoms in total. The van der Waals surface area contributed by atoms with Crippen molar-refractivity contribution in [2.24, 2.45) is 0 Å². The lowest BCUT2D eigenvalue weighted by molar-refractivity contribution is 0.536. The van der Waals surface area contributed by atoms with Crippen LogP contribution in [0.1, 0.15) is 11.1 Å². The van der Waals surface area contributed by atoms with Crippen LogP contribution in [0.25, 0.3) is 0 Å². The maximum atomic E-state index is 6.33. The number of rotatable bonds is 5. The van der Waals surface area contributed by atoms with E-state index < -0.39 is 5.41 Å². The number of halogens is 5. The highest BCUT2D eigenvalue weighted by atomic mass is 35.5. The van der Waals surface area contributed by atoms with Gasteiger partial charge in [-0.15, -0.1) is 23.2 Å². The number of hydrogen-bond acceptors (Lipinski definition) is 0. The van der Waals surface area contributed by atoms with Gasteiger partial charge >= 0.3 is 0 Å². The molecule has 0 unspecified atom stereocenters. The number of benzene rings is 2. The maximum absolute atomic E-state index is 6.33. The van der Waals surface area contributed by atoms with Gasteiger partial charge in [0.25, 0.3) is 0 Å². The summed E-state index contributed by atoms with van der Waals surface area (Å²) in [6.45, 7) is 0. The second kappa shape index (κ2) is 7.44. The Morgan fingerprint density at radius 3 is 2.10 bits per heavy atom. The van der Waals surface area contributed by atoms with Gasteiger partial charge in [-0.2, -0.15) is 0 Å². The van der Waals surface area contributed by atoms with Gasteiger partial charge in [-0.05, 0) is 41.8 Å². The minimum absolute atomic E-state index is 0.336. The van der Waals surface area contributed by atoms with Gasteiger partial charge in [0.2, 0.25) is 0 Å². The largest absolute Gasteiger partial charge is 0.126 e. The highest BCUT2D eigenvalue weighted by molar-refractivity contribution is 6.34. The van der Waals surface area contributed by atoms with Crippen molar-refractivity contribution in [1.82, 2.24) is 0 Å². The van der Waals surface area contributed by atoms with Crippen LogP contribution in [0.5, 0.6) is 0 Å². The average Bonchev–Trinajstić information content (AvgIpc) is 2.49. The first-order chi connectivity index (χ1) is 10.0. The zero-order valence-electron chi connectivity index (χ0n) is 11.1. The fourth-order valence-corrected chi connectivity index (χ4v) is 3.78. The summed E-state index contributed by atoms with van der Waals surface area (Å²) in [6, 6.07) is 13.0. The van der Waals surface area contributed by atoms with Gasteiger partial charge in [-0.3, -0.25) is 0 Å². The molecule has 0 amide bonds. The molecule has 0 atom stereocenters. The molecule has 0 aliphatic rings. The molecule has 0 spiro atoms. The third-order valence-electron chi connectivity index (χ3n) is 3.49. The van der Waals surface area contributed by atoms with E-state index in [9.17, 15) is 0 Å². The second-order valence-corrected chi connectivity index (χ2v) is 6.73. The van der Waals surface area contributed by atoms with Crippen molar-refractivity contribution in [2.75, 3.05) is 11.8 Å². The van der Waals surface area contributed by atoms with Crippen LogP contribution in [0.15, 0.2) is 42.5 Å². The molecule has 0 aromatic heterocycles. The Bertz CT molecular complexity index is 620. The predicted octanol–water partition coefficient (Wildman–Crippen LogP) is 6.60. The van der Waals surface area contributed by atoms with E-state index in [1.165, 1.54) is 0 Å². The minimum Gasteiger partial charge on any atom is -0.126 e. The van der Waals surface area contributed by atoms with Gasteiger partial charge < -0.3 is 0 Å². The topological polar surface area (TPSA) is 0 Å². The van der Waals surface area contributed by atoms with Gasteiger partial charge in [0, 0.05) is 32.2 Å². The standard InChI is InChI=1S/C16H13Cl5/c17-9-16(10-18,13-3-1-2-4-15(13)21)8-11-7-12(19)5-6-14(11)20/h1-7H,8-10H2. The van der Waals surface area contributed by atoms with Gasteiger partial charge in [-0.1, -0.05) is 53.0 Å². The molecule has 0 saturated carbocycles. The molecule has 0 N–H and O–H groups in total. The van der Waals surface area contributed by atoms with E-state index in [0.717, 1.165) is 11.1 Å². The first-order valence-electron chi connectivity index (χ1n) is 6.33. The molecular formula is C16H13Cl5. The quantitative estimate of drug-likeness (QED) is 0.511. The zero-order chi connectivity index (χ0) is 15.5. The van der Waals surface area contributed by atoms with Crippen molar-refractivity contribution in [3.05, 3.63) is 68.7 Å². The number of alkyl halides is 2. The Morgan fingerprint density at radius 1 is 0.810 bits per heavy atom. The van der Waals surface area contributed by atoms with Gasteiger partial charge in [0.15, 0.2) is 0 Å². The molecule has 0 aliphatic heterocycles. The maximum Gasteiger partial charge on any atom is 0.0444 e. The minimum atomic E-state index is -0.490. The fourth-order valence-electron chi connectivity index (χ4n) is 2.30. The van der Waals surface area contributed by atoms with E-state index in [1.807, 2.05) is 30.3 Å². The smallest absolute Gasteiger partial charge is 0.0444 e. The van der Waals surface area contributed by atoms with Crippen molar-refractivity contribution < 1.29 is 0 Å². The first-order valence-corrected chi connectivity index (χ1v) is 8.53. The first kappa shape index (κ1) is 17.2. The van der Waals surface area contributed by atoms with Gasteiger partial charge in [0.05, 0.1) is 0 Å². The van der Waals surface area contributed by atoms with E-state index in [-0.39, 0.29) is 0 Å². The monoisotopic (exact) mass is 380 g/mol. The fraction of sp³-hybridized carbons (Fsp3) is 0.250.